The SMILES string of the molecule is COCCC(=O)N1CCN(C(=O)c2ccc(Cl)c(Cl)c2)CC1. The molecular formula is C15H18Cl2N2O3. The fourth-order valence-electron chi connectivity index (χ4n) is 2.32. The Morgan fingerprint density at radius 1 is 1.09 bits per heavy atom. The van der Waals surface area contributed by atoms with Gasteiger partial charge in [0, 0.05) is 38.9 Å². The van der Waals surface area contributed by atoms with E-state index in [2.05, 4.69) is 0 Å². The number of hydrogen-bond acceptors (Lipinski definition) is 3. The van der Waals surface area contributed by atoms with Crippen molar-refractivity contribution in [3.63, 3.8) is 0 Å². The highest BCUT2D eigenvalue weighted by Gasteiger charge is 2.24. The number of ether oxygens (including phenoxy) is 1. The molecule has 1 fully saturated rings. The summed E-state index contributed by atoms with van der Waals surface area (Å²) in [6.07, 6.45) is 0.372. The van der Waals surface area contributed by atoms with Crippen molar-refractivity contribution in [2.45, 2.75) is 6.42 Å². The second kappa shape index (κ2) is 7.81. The minimum absolute atomic E-state index is 0.0588. The van der Waals surface area contributed by atoms with Crippen molar-refractivity contribution in [1.29, 1.82) is 0 Å². The predicted octanol–water partition coefficient (Wildman–Crippen LogP) is 2.31. The average Bonchev–Trinajstić information content (AvgIpc) is 2.54. The molecule has 0 bridgehead atoms. The van der Waals surface area contributed by atoms with E-state index in [9.17, 15) is 9.59 Å². The Kier molecular flexibility index (Phi) is 6.06. The first kappa shape index (κ1) is 17.1. The molecule has 1 saturated heterocycles. The number of halogens is 2. The van der Waals surface area contributed by atoms with Crippen LogP contribution in [0.1, 0.15) is 16.8 Å². The van der Waals surface area contributed by atoms with E-state index in [0.717, 1.165) is 0 Å². The summed E-state index contributed by atoms with van der Waals surface area (Å²) >= 11 is 11.8. The zero-order valence-corrected chi connectivity index (χ0v) is 13.9. The van der Waals surface area contributed by atoms with Crippen molar-refractivity contribution in [3.05, 3.63) is 33.8 Å². The van der Waals surface area contributed by atoms with Crippen LogP contribution in [0.15, 0.2) is 18.2 Å². The van der Waals surface area contributed by atoms with Gasteiger partial charge in [-0.15, -0.1) is 0 Å². The summed E-state index contributed by atoms with van der Waals surface area (Å²) in [5.74, 6) is -0.0361. The van der Waals surface area contributed by atoms with Crippen molar-refractivity contribution in [2.75, 3.05) is 39.9 Å². The van der Waals surface area contributed by atoms with E-state index in [4.69, 9.17) is 27.9 Å². The lowest BCUT2D eigenvalue weighted by Crippen LogP contribution is -2.50. The first-order valence-corrected chi connectivity index (χ1v) is 7.79. The highest BCUT2D eigenvalue weighted by molar-refractivity contribution is 6.42. The van der Waals surface area contributed by atoms with Crippen LogP contribution in [0, 0.1) is 0 Å². The van der Waals surface area contributed by atoms with Gasteiger partial charge in [-0.3, -0.25) is 9.59 Å². The summed E-state index contributed by atoms with van der Waals surface area (Å²) in [6, 6.07) is 4.84. The van der Waals surface area contributed by atoms with E-state index in [-0.39, 0.29) is 11.8 Å². The molecule has 7 heteroatoms. The number of amides is 2. The van der Waals surface area contributed by atoms with E-state index in [0.29, 0.717) is 54.8 Å². The van der Waals surface area contributed by atoms with E-state index < -0.39 is 0 Å². The number of methoxy groups -OCH3 is 1. The third-order valence-electron chi connectivity index (χ3n) is 3.61. The standard InChI is InChI=1S/C15H18Cl2N2O3/c1-22-9-4-14(20)18-5-7-19(8-6-18)15(21)11-2-3-12(16)13(17)10-11/h2-3,10H,4-9H2,1H3. The number of carbonyl (C=O) groups is 2. The molecule has 0 saturated carbocycles. The quantitative estimate of drug-likeness (QED) is 0.842. The molecule has 0 aliphatic carbocycles. The number of rotatable bonds is 4. The summed E-state index contributed by atoms with van der Waals surface area (Å²) in [5, 5.41) is 0.785. The Bertz CT molecular complexity index is 558. The molecule has 22 heavy (non-hydrogen) atoms. The fourth-order valence-corrected chi connectivity index (χ4v) is 2.62. The van der Waals surface area contributed by atoms with Gasteiger partial charge in [0.2, 0.25) is 5.91 Å². The average molecular weight is 345 g/mol. The lowest BCUT2D eigenvalue weighted by atomic mass is 10.1. The fraction of sp³-hybridized carbons (Fsp3) is 0.467. The molecule has 0 unspecified atom stereocenters. The number of benzene rings is 1. The molecule has 2 rings (SSSR count). The molecule has 0 radical (unpaired) electrons. The minimum Gasteiger partial charge on any atom is -0.384 e. The van der Waals surface area contributed by atoms with Crippen molar-refractivity contribution in [3.8, 4) is 0 Å². The van der Waals surface area contributed by atoms with Gasteiger partial charge in [0.25, 0.3) is 5.91 Å². The zero-order chi connectivity index (χ0) is 16.1. The number of hydrogen-bond donors (Lipinski definition) is 0. The summed E-state index contributed by atoms with van der Waals surface area (Å²) < 4.78 is 4.91. The van der Waals surface area contributed by atoms with Gasteiger partial charge in [0.15, 0.2) is 0 Å². The number of piperazine rings is 1. The van der Waals surface area contributed by atoms with Crippen LogP contribution in [0.2, 0.25) is 10.0 Å². The summed E-state index contributed by atoms with van der Waals surface area (Å²) in [4.78, 5) is 27.8. The van der Waals surface area contributed by atoms with Gasteiger partial charge in [0.1, 0.15) is 0 Å². The van der Waals surface area contributed by atoms with E-state index in [1.165, 1.54) is 0 Å². The van der Waals surface area contributed by atoms with Crippen LogP contribution in [0.3, 0.4) is 0 Å². The van der Waals surface area contributed by atoms with Gasteiger partial charge in [-0.2, -0.15) is 0 Å². The van der Waals surface area contributed by atoms with E-state index in [1.807, 2.05) is 0 Å². The molecule has 0 N–H and O–H groups in total. The first-order valence-electron chi connectivity index (χ1n) is 7.04. The molecular weight excluding hydrogens is 327 g/mol. The van der Waals surface area contributed by atoms with Crippen molar-refractivity contribution >= 4 is 35.0 Å². The Balaban J connectivity index is 1.92. The number of carbonyl (C=O) groups excluding carboxylic acids is 2. The normalized spacial score (nSPS) is 15.0. The van der Waals surface area contributed by atoms with Crippen molar-refractivity contribution in [1.82, 2.24) is 9.80 Å². The van der Waals surface area contributed by atoms with Crippen molar-refractivity contribution in [2.24, 2.45) is 0 Å². The minimum atomic E-state index is -0.0949. The molecule has 1 aliphatic rings. The highest BCUT2D eigenvalue weighted by atomic mass is 35.5. The Hall–Kier alpha value is -1.30. The lowest BCUT2D eigenvalue weighted by Gasteiger charge is -2.35. The maximum atomic E-state index is 12.4. The third kappa shape index (κ3) is 4.12. The Morgan fingerprint density at radius 3 is 2.32 bits per heavy atom. The summed E-state index contributed by atoms with van der Waals surface area (Å²) in [5.41, 5.74) is 0.508. The van der Waals surface area contributed by atoms with Gasteiger partial charge in [-0.25, -0.2) is 0 Å². The van der Waals surface area contributed by atoms with Crippen LogP contribution < -0.4 is 0 Å². The Labute approximate surface area is 139 Å². The molecule has 2 amide bonds. The molecule has 0 aromatic heterocycles. The lowest BCUT2D eigenvalue weighted by molar-refractivity contribution is -0.133. The molecule has 1 aromatic carbocycles. The van der Waals surface area contributed by atoms with Crippen LogP contribution in [0.4, 0.5) is 0 Å². The van der Waals surface area contributed by atoms with Gasteiger partial charge in [-0.05, 0) is 18.2 Å². The maximum absolute atomic E-state index is 12.4. The summed E-state index contributed by atoms with van der Waals surface area (Å²) in [7, 11) is 1.57. The second-order valence-corrected chi connectivity index (χ2v) is 5.86. The maximum Gasteiger partial charge on any atom is 0.254 e. The van der Waals surface area contributed by atoms with Crippen LogP contribution in [0.25, 0.3) is 0 Å². The molecule has 5 nitrogen and oxygen atoms in total. The monoisotopic (exact) mass is 344 g/mol. The Morgan fingerprint density at radius 2 is 1.73 bits per heavy atom. The van der Waals surface area contributed by atoms with Crippen LogP contribution in [0.5, 0.6) is 0 Å². The van der Waals surface area contributed by atoms with E-state index >= 15 is 0 Å². The van der Waals surface area contributed by atoms with Crippen LogP contribution >= 0.6 is 23.2 Å². The molecule has 0 spiro atoms. The smallest absolute Gasteiger partial charge is 0.254 e. The van der Waals surface area contributed by atoms with Gasteiger partial charge < -0.3 is 14.5 Å². The molecule has 1 aromatic rings. The second-order valence-electron chi connectivity index (χ2n) is 5.04. The molecule has 1 heterocycles. The molecule has 0 atom stereocenters. The predicted molar refractivity (Wildman–Crippen MR) is 85.4 cm³/mol. The van der Waals surface area contributed by atoms with E-state index in [1.54, 1.807) is 35.1 Å². The molecule has 120 valence electrons. The largest absolute Gasteiger partial charge is 0.384 e. The van der Waals surface area contributed by atoms with Crippen molar-refractivity contribution < 1.29 is 14.3 Å². The molecule has 1 aliphatic heterocycles. The van der Waals surface area contributed by atoms with Gasteiger partial charge >= 0.3 is 0 Å². The third-order valence-corrected chi connectivity index (χ3v) is 4.35. The van der Waals surface area contributed by atoms with Gasteiger partial charge in [-0.1, -0.05) is 23.2 Å². The number of nitrogens with zero attached hydrogens (tertiary/aromatic N) is 2. The van der Waals surface area contributed by atoms with Crippen LogP contribution in [-0.2, 0) is 9.53 Å². The first-order chi connectivity index (χ1) is 10.5. The highest BCUT2D eigenvalue weighted by Crippen LogP contribution is 2.23. The zero-order valence-electron chi connectivity index (χ0n) is 12.3. The topological polar surface area (TPSA) is 49.9 Å². The summed E-state index contributed by atoms with van der Waals surface area (Å²) in [6.45, 7) is 2.52. The van der Waals surface area contributed by atoms with Gasteiger partial charge in [0.05, 0.1) is 23.1 Å². The van der Waals surface area contributed by atoms with Crippen LogP contribution in [-0.4, -0.2) is 61.5 Å².